The van der Waals surface area contributed by atoms with Gasteiger partial charge in [0.1, 0.15) is 5.75 Å². The smallest absolute Gasteiger partial charge is 0.311 e. The van der Waals surface area contributed by atoms with Crippen LogP contribution in [0.15, 0.2) is 47.4 Å². The number of sulfone groups is 1. The molecule has 0 heterocycles. The van der Waals surface area contributed by atoms with Gasteiger partial charge in [-0.05, 0) is 30.2 Å². The predicted molar refractivity (Wildman–Crippen MR) is 106 cm³/mol. The molecule has 10 heteroatoms. The van der Waals surface area contributed by atoms with Crippen LogP contribution in [0, 0.1) is 10.1 Å². The third-order valence-electron chi connectivity index (χ3n) is 4.17. The van der Waals surface area contributed by atoms with Crippen molar-refractivity contribution in [2.75, 3.05) is 20.0 Å². The third kappa shape index (κ3) is 5.92. The maximum atomic E-state index is 12.2. The van der Waals surface area contributed by atoms with Gasteiger partial charge >= 0.3 is 5.69 Å². The van der Waals surface area contributed by atoms with Crippen molar-refractivity contribution in [2.24, 2.45) is 0 Å². The fraction of sp³-hybridized carbons (Fsp3) is 0.316. The summed E-state index contributed by atoms with van der Waals surface area (Å²) in [6.07, 6.45) is 1.72. The van der Waals surface area contributed by atoms with Crippen molar-refractivity contribution >= 4 is 21.4 Å². The molecule has 1 atom stereocenters. The Morgan fingerprint density at radius 1 is 1.21 bits per heavy atom. The lowest BCUT2D eigenvalue weighted by atomic mass is 10.0. The number of ether oxygens (including phenoxy) is 2. The molecule has 0 aliphatic rings. The summed E-state index contributed by atoms with van der Waals surface area (Å²) in [6, 6.07) is 9.97. The van der Waals surface area contributed by atoms with Crippen LogP contribution in [0.2, 0.25) is 0 Å². The van der Waals surface area contributed by atoms with Gasteiger partial charge in [0.05, 0.1) is 23.0 Å². The highest BCUT2D eigenvalue weighted by atomic mass is 32.2. The van der Waals surface area contributed by atoms with Crippen LogP contribution in [-0.4, -0.2) is 39.2 Å². The minimum Gasteiger partial charge on any atom is -0.490 e. The molecule has 0 bridgehead atoms. The molecule has 2 aromatic carbocycles. The van der Waals surface area contributed by atoms with Crippen LogP contribution in [0.5, 0.6) is 11.5 Å². The van der Waals surface area contributed by atoms with E-state index in [1.54, 1.807) is 12.1 Å². The average molecular weight is 422 g/mol. The first-order valence-corrected chi connectivity index (χ1v) is 10.6. The minimum absolute atomic E-state index is 0.0327. The molecular formula is C19H22N2O7S. The summed E-state index contributed by atoms with van der Waals surface area (Å²) in [5.41, 5.74) is 0.568. The largest absolute Gasteiger partial charge is 0.490 e. The SMILES string of the molecule is CC[C@H](NC(=O)COc1ccc([N+](=O)[O-])c(OC)c1)c1ccc(S(C)(=O)=O)cc1. The fourth-order valence-electron chi connectivity index (χ4n) is 2.65. The van der Waals surface area contributed by atoms with Crippen molar-refractivity contribution in [3.8, 4) is 11.5 Å². The molecule has 0 aliphatic carbocycles. The number of carbonyl (C=O) groups is 1. The summed E-state index contributed by atoms with van der Waals surface area (Å²) in [6.45, 7) is 1.59. The number of nitrogens with zero attached hydrogens (tertiary/aromatic N) is 1. The van der Waals surface area contributed by atoms with E-state index in [1.165, 1.54) is 37.4 Å². The number of nitro benzene ring substituents is 1. The standard InChI is InChI=1S/C19H22N2O7S/c1-4-16(13-5-8-15(9-6-13)29(3,25)26)20-19(22)12-28-14-7-10-17(21(23)24)18(11-14)27-2/h5-11,16H,4,12H2,1-3H3,(H,20,22)/t16-/m0/s1. The summed E-state index contributed by atoms with van der Waals surface area (Å²) in [5, 5.41) is 13.7. The molecule has 2 rings (SSSR count). The van der Waals surface area contributed by atoms with Gasteiger partial charge in [-0.2, -0.15) is 0 Å². The summed E-state index contributed by atoms with van der Waals surface area (Å²) in [4.78, 5) is 22.8. The van der Waals surface area contributed by atoms with Crippen molar-refractivity contribution in [1.82, 2.24) is 5.32 Å². The molecular weight excluding hydrogens is 400 g/mol. The second-order valence-corrected chi connectivity index (χ2v) is 8.26. The van der Waals surface area contributed by atoms with Crippen LogP contribution in [-0.2, 0) is 14.6 Å². The Balaban J connectivity index is 2.01. The highest BCUT2D eigenvalue weighted by Crippen LogP contribution is 2.30. The normalized spacial score (nSPS) is 12.1. The molecule has 1 amide bonds. The number of benzene rings is 2. The van der Waals surface area contributed by atoms with E-state index in [4.69, 9.17) is 9.47 Å². The molecule has 0 saturated carbocycles. The number of amides is 1. The number of nitro groups is 1. The van der Waals surface area contributed by atoms with Crippen LogP contribution in [0.4, 0.5) is 5.69 Å². The molecule has 0 radical (unpaired) electrons. The molecule has 156 valence electrons. The molecule has 29 heavy (non-hydrogen) atoms. The van der Waals surface area contributed by atoms with Crippen molar-refractivity contribution in [3.63, 3.8) is 0 Å². The number of nitrogens with one attached hydrogen (secondary N) is 1. The van der Waals surface area contributed by atoms with E-state index in [9.17, 15) is 23.3 Å². The van der Waals surface area contributed by atoms with Gasteiger partial charge < -0.3 is 14.8 Å². The topological polar surface area (TPSA) is 125 Å². The van der Waals surface area contributed by atoms with Crippen molar-refractivity contribution in [3.05, 3.63) is 58.1 Å². The molecule has 1 N–H and O–H groups in total. The summed E-state index contributed by atoms with van der Waals surface area (Å²) in [7, 11) is -1.98. The van der Waals surface area contributed by atoms with Gasteiger partial charge in [0, 0.05) is 18.4 Å². The summed E-state index contributed by atoms with van der Waals surface area (Å²) in [5.74, 6) is -0.0974. The maximum Gasteiger partial charge on any atom is 0.311 e. The molecule has 0 fully saturated rings. The van der Waals surface area contributed by atoms with E-state index in [0.29, 0.717) is 6.42 Å². The zero-order chi connectivity index (χ0) is 21.6. The Hall–Kier alpha value is -3.14. The maximum absolute atomic E-state index is 12.2. The molecule has 0 aromatic heterocycles. The van der Waals surface area contributed by atoms with Gasteiger partial charge in [-0.3, -0.25) is 14.9 Å². The van der Waals surface area contributed by atoms with Crippen LogP contribution in [0.25, 0.3) is 0 Å². The van der Waals surface area contributed by atoms with Crippen molar-refractivity contribution in [2.45, 2.75) is 24.3 Å². The Bertz CT molecular complexity index is 988. The van der Waals surface area contributed by atoms with E-state index in [-0.39, 0.29) is 40.6 Å². The molecule has 0 spiro atoms. The Kier molecular flexibility index (Phi) is 7.16. The zero-order valence-corrected chi connectivity index (χ0v) is 17.1. The van der Waals surface area contributed by atoms with Gasteiger partial charge in [-0.1, -0.05) is 19.1 Å². The summed E-state index contributed by atoms with van der Waals surface area (Å²) >= 11 is 0. The Morgan fingerprint density at radius 2 is 1.86 bits per heavy atom. The second-order valence-electron chi connectivity index (χ2n) is 6.25. The van der Waals surface area contributed by atoms with E-state index < -0.39 is 14.8 Å². The molecule has 0 saturated heterocycles. The molecule has 9 nitrogen and oxygen atoms in total. The molecule has 0 unspecified atom stereocenters. The van der Waals surface area contributed by atoms with Gasteiger partial charge in [-0.25, -0.2) is 8.42 Å². The average Bonchev–Trinajstić information content (AvgIpc) is 2.69. The monoisotopic (exact) mass is 422 g/mol. The Labute approximate surface area is 168 Å². The van der Waals surface area contributed by atoms with Crippen LogP contribution in [0.3, 0.4) is 0 Å². The lowest BCUT2D eigenvalue weighted by molar-refractivity contribution is -0.385. The van der Waals surface area contributed by atoms with E-state index in [1.807, 2.05) is 6.92 Å². The van der Waals surface area contributed by atoms with E-state index in [2.05, 4.69) is 5.32 Å². The lowest BCUT2D eigenvalue weighted by Gasteiger charge is -2.18. The van der Waals surface area contributed by atoms with Gasteiger partial charge in [-0.15, -0.1) is 0 Å². The lowest BCUT2D eigenvalue weighted by Crippen LogP contribution is -2.32. The number of carbonyl (C=O) groups excluding carboxylic acids is 1. The number of hydrogen-bond donors (Lipinski definition) is 1. The van der Waals surface area contributed by atoms with E-state index in [0.717, 1.165) is 11.8 Å². The van der Waals surface area contributed by atoms with Gasteiger partial charge in [0.2, 0.25) is 5.75 Å². The predicted octanol–water partition coefficient (Wildman–Crippen LogP) is 2.65. The Morgan fingerprint density at radius 3 is 2.38 bits per heavy atom. The van der Waals surface area contributed by atoms with Crippen LogP contribution in [0.1, 0.15) is 24.9 Å². The highest BCUT2D eigenvalue weighted by Gasteiger charge is 2.17. The van der Waals surface area contributed by atoms with Gasteiger partial charge in [0.25, 0.3) is 5.91 Å². The first-order chi connectivity index (χ1) is 13.7. The minimum atomic E-state index is -3.29. The fourth-order valence-corrected chi connectivity index (χ4v) is 3.28. The number of hydrogen-bond acceptors (Lipinski definition) is 7. The van der Waals surface area contributed by atoms with Crippen molar-refractivity contribution in [1.29, 1.82) is 0 Å². The molecule has 0 aliphatic heterocycles. The quantitative estimate of drug-likeness (QED) is 0.486. The first kappa shape index (κ1) is 22.2. The second kappa shape index (κ2) is 9.37. The molecule has 2 aromatic rings. The first-order valence-electron chi connectivity index (χ1n) is 8.70. The zero-order valence-electron chi connectivity index (χ0n) is 16.2. The van der Waals surface area contributed by atoms with Crippen LogP contribution < -0.4 is 14.8 Å². The summed E-state index contributed by atoms with van der Waals surface area (Å²) < 4.78 is 33.5. The third-order valence-corrected chi connectivity index (χ3v) is 5.30. The van der Waals surface area contributed by atoms with Gasteiger partial charge in [0.15, 0.2) is 16.4 Å². The highest BCUT2D eigenvalue weighted by molar-refractivity contribution is 7.90. The van der Waals surface area contributed by atoms with E-state index >= 15 is 0 Å². The number of methoxy groups -OCH3 is 1. The van der Waals surface area contributed by atoms with Crippen LogP contribution >= 0.6 is 0 Å². The number of rotatable bonds is 9. The van der Waals surface area contributed by atoms with Crippen molar-refractivity contribution < 1.29 is 27.6 Å².